The molecule has 1 amide bonds. The van der Waals surface area contributed by atoms with E-state index in [1.807, 2.05) is 0 Å². The van der Waals surface area contributed by atoms with Crippen molar-refractivity contribution in [3.8, 4) is 0 Å². The van der Waals surface area contributed by atoms with Crippen LogP contribution < -0.4 is 5.32 Å². The number of benzene rings is 1. The molecule has 0 fully saturated rings. The lowest BCUT2D eigenvalue weighted by atomic mass is 10.1. The van der Waals surface area contributed by atoms with Crippen molar-refractivity contribution in [3.63, 3.8) is 0 Å². The van der Waals surface area contributed by atoms with Gasteiger partial charge in [-0.15, -0.1) is 0 Å². The second-order valence-electron chi connectivity index (χ2n) is 2.74. The van der Waals surface area contributed by atoms with Crippen LogP contribution in [0.4, 0.5) is 9.18 Å². The Morgan fingerprint density at radius 3 is 2.85 bits per heavy atom. The monoisotopic (exact) mass is 199 g/mol. The minimum absolute atomic E-state index is 0.235. The summed E-state index contributed by atoms with van der Waals surface area (Å²) in [6.45, 7) is 2.06. The first-order valence-corrected chi connectivity index (χ1v) is 4.26. The summed E-state index contributed by atoms with van der Waals surface area (Å²) in [7, 11) is 0. The van der Waals surface area contributed by atoms with E-state index in [1.54, 1.807) is 19.1 Å². The fraction of sp³-hybridized carbons (Fsp3) is 0.222. The number of carbonyl (C=O) groups is 1. The number of nitrogens with one attached hydrogen (secondary N) is 1. The first kappa shape index (κ1) is 10.1. The van der Waals surface area contributed by atoms with E-state index in [4.69, 9.17) is 0 Å². The predicted octanol–water partition coefficient (Wildman–Crippen LogP) is 2.27. The van der Waals surface area contributed by atoms with Crippen LogP contribution in [0, 0.1) is 12.7 Å². The van der Waals surface area contributed by atoms with Crippen LogP contribution in [0.15, 0.2) is 18.2 Å². The van der Waals surface area contributed by atoms with Crippen LogP contribution in [0.1, 0.15) is 11.1 Å². The molecule has 70 valence electrons. The normalized spacial score (nSPS) is 9.77. The largest absolute Gasteiger partial charge is 0.343 e. The standard InChI is InChI=1S/C9H10FNOS/c1-6-4-7(2-3-8(6)10)5-11-9(12)13/h2-4H,5H2,1H3,(H2,11,12,13). The van der Waals surface area contributed by atoms with Gasteiger partial charge in [0.1, 0.15) is 5.82 Å². The Labute approximate surface area is 81.6 Å². The summed E-state index contributed by atoms with van der Waals surface area (Å²) in [5.74, 6) is -0.235. The fourth-order valence-electron chi connectivity index (χ4n) is 0.994. The molecule has 0 heterocycles. The number of thiol groups is 1. The summed E-state index contributed by atoms with van der Waals surface area (Å²) < 4.78 is 12.8. The number of rotatable bonds is 2. The molecule has 0 radical (unpaired) electrons. The van der Waals surface area contributed by atoms with Gasteiger partial charge < -0.3 is 5.32 Å². The van der Waals surface area contributed by atoms with Crippen molar-refractivity contribution >= 4 is 17.9 Å². The third-order valence-corrected chi connectivity index (χ3v) is 1.82. The molecule has 0 saturated heterocycles. The number of aryl methyl sites for hydroxylation is 1. The van der Waals surface area contributed by atoms with Gasteiger partial charge in [0, 0.05) is 6.54 Å². The second kappa shape index (κ2) is 4.28. The smallest absolute Gasteiger partial charge is 0.276 e. The van der Waals surface area contributed by atoms with E-state index in [2.05, 4.69) is 17.9 Å². The van der Waals surface area contributed by atoms with Gasteiger partial charge >= 0.3 is 0 Å². The molecule has 1 rings (SSSR count). The molecular weight excluding hydrogens is 189 g/mol. The maximum Gasteiger partial charge on any atom is 0.276 e. The summed E-state index contributed by atoms with van der Waals surface area (Å²) in [6, 6.07) is 4.71. The molecule has 0 aliphatic carbocycles. The molecule has 4 heteroatoms. The predicted molar refractivity (Wildman–Crippen MR) is 52.4 cm³/mol. The van der Waals surface area contributed by atoms with Gasteiger partial charge in [-0.2, -0.15) is 0 Å². The number of hydrogen-bond donors (Lipinski definition) is 2. The zero-order chi connectivity index (χ0) is 9.84. The SMILES string of the molecule is Cc1cc(CNC(=O)S)ccc1F. The zero-order valence-electron chi connectivity index (χ0n) is 7.17. The van der Waals surface area contributed by atoms with Gasteiger partial charge in [0.25, 0.3) is 5.24 Å². The van der Waals surface area contributed by atoms with E-state index in [-0.39, 0.29) is 11.1 Å². The van der Waals surface area contributed by atoms with Crippen LogP contribution in [-0.4, -0.2) is 5.24 Å². The van der Waals surface area contributed by atoms with Crippen LogP contribution in [0.5, 0.6) is 0 Å². The summed E-state index contributed by atoms with van der Waals surface area (Å²) in [5.41, 5.74) is 1.44. The van der Waals surface area contributed by atoms with E-state index in [1.165, 1.54) is 6.07 Å². The number of amides is 1. The number of hydrogen-bond acceptors (Lipinski definition) is 1. The molecule has 0 aliphatic heterocycles. The summed E-state index contributed by atoms with van der Waals surface area (Å²) in [4.78, 5) is 10.4. The second-order valence-corrected chi connectivity index (χ2v) is 3.15. The van der Waals surface area contributed by atoms with Crippen LogP contribution in [-0.2, 0) is 6.54 Å². The van der Waals surface area contributed by atoms with Crippen LogP contribution >= 0.6 is 12.6 Å². The lowest BCUT2D eigenvalue weighted by Crippen LogP contribution is -2.15. The van der Waals surface area contributed by atoms with Gasteiger partial charge in [-0.05, 0) is 24.1 Å². The fourth-order valence-corrected chi connectivity index (χ4v) is 1.07. The molecule has 0 saturated carbocycles. The molecule has 0 atom stereocenters. The topological polar surface area (TPSA) is 29.1 Å². The quantitative estimate of drug-likeness (QED) is 0.703. The average molecular weight is 199 g/mol. The van der Waals surface area contributed by atoms with Crippen molar-refractivity contribution in [3.05, 3.63) is 35.1 Å². The van der Waals surface area contributed by atoms with Crippen LogP contribution in [0.25, 0.3) is 0 Å². The van der Waals surface area contributed by atoms with Crippen LogP contribution in [0.2, 0.25) is 0 Å². The van der Waals surface area contributed by atoms with Crippen LogP contribution in [0.3, 0.4) is 0 Å². The number of halogens is 1. The molecule has 0 unspecified atom stereocenters. The Hall–Kier alpha value is -1.03. The molecule has 0 bridgehead atoms. The van der Waals surface area contributed by atoms with E-state index in [0.717, 1.165) is 5.56 Å². The van der Waals surface area contributed by atoms with Crippen molar-refractivity contribution in [1.82, 2.24) is 5.32 Å². The molecule has 1 N–H and O–H groups in total. The zero-order valence-corrected chi connectivity index (χ0v) is 8.07. The van der Waals surface area contributed by atoms with E-state index in [9.17, 15) is 9.18 Å². The minimum Gasteiger partial charge on any atom is -0.343 e. The van der Waals surface area contributed by atoms with Crippen molar-refractivity contribution < 1.29 is 9.18 Å². The lowest BCUT2D eigenvalue weighted by molar-refractivity contribution is 0.260. The highest BCUT2D eigenvalue weighted by Crippen LogP contribution is 2.08. The van der Waals surface area contributed by atoms with Gasteiger partial charge in [-0.25, -0.2) is 4.39 Å². The van der Waals surface area contributed by atoms with Crippen molar-refractivity contribution in [2.45, 2.75) is 13.5 Å². The Bertz CT molecular complexity index is 327. The van der Waals surface area contributed by atoms with Gasteiger partial charge in [0.15, 0.2) is 0 Å². The molecule has 1 aromatic rings. The number of carbonyl (C=O) groups excluding carboxylic acids is 1. The molecule has 13 heavy (non-hydrogen) atoms. The highest BCUT2D eigenvalue weighted by atomic mass is 32.1. The summed E-state index contributed by atoms with van der Waals surface area (Å²) in [6.07, 6.45) is 0. The van der Waals surface area contributed by atoms with Crippen molar-refractivity contribution in [1.29, 1.82) is 0 Å². The Morgan fingerprint density at radius 2 is 2.31 bits per heavy atom. The van der Waals surface area contributed by atoms with E-state index in [0.29, 0.717) is 12.1 Å². The van der Waals surface area contributed by atoms with E-state index >= 15 is 0 Å². The summed E-state index contributed by atoms with van der Waals surface area (Å²) >= 11 is 3.55. The maximum atomic E-state index is 12.8. The van der Waals surface area contributed by atoms with Gasteiger partial charge in [0.2, 0.25) is 0 Å². The van der Waals surface area contributed by atoms with Gasteiger partial charge in [-0.3, -0.25) is 4.79 Å². The molecular formula is C9H10FNOS. The highest BCUT2D eigenvalue weighted by molar-refractivity contribution is 7.96. The maximum absolute atomic E-state index is 12.8. The van der Waals surface area contributed by atoms with Crippen molar-refractivity contribution in [2.24, 2.45) is 0 Å². The first-order valence-electron chi connectivity index (χ1n) is 3.81. The molecule has 2 nitrogen and oxygen atoms in total. The highest BCUT2D eigenvalue weighted by Gasteiger charge is 1.99. The molecule has 1 aromatic carbocycles. The molecule has 0 aliphatic rings. The average Bonchev–Trinajstić information content (AvgIpc) is 2.07. The lowest BCUT2D eigenvalue weighted by Gasteiger charge is -2.03. The third-order valence-electron chi connectivity index (χ3n) is 1.67. The van der Waals surface area contributed by atoms with Crippen molar-refractivity contribution in [2.75, 3.05) is 0 Å². The van der Waals surface area contributed by atoms with Gasteiger partial charge in [0.05, 0.1) is 0 Å². The minimum atomic E-state index is -0.387. The Morgan fingerprint density at radius 1 is 1.62 bits per heavy atom. The molecule has 0 spiro atoms. The molecule has 0 aromatic heterocycles. The summed E-state index contributed by atoms with van der Waals surface area (Å²) in [5, 5.41) is 2.12. The van der Waals surface area contributed by atoms with E-state index < -0.39 is 0 Å². The third kappa shape index (κ3) is 3.06. The van der Waals surface area contributed by atoms with Gasteiger partial charge in [-0.1, -0.05) is 24.8 Å². The Balaban J connectivity index is 2.68. The Kier molecular flexibility index (Phi) is 3.31. The first-order chi connectivity index (χ1) is 6.09.